The normalized spacial score (nSPS) is 22.9. The maximum atomic E-state index is 14.0. The zero-order valence-corrected chi connectivity index (χ0v) is 25.7. The smallest absolute Gasteiger partial charge is 0.254 e. The summed E-state index contributed by atoms with van der Waals surface area (Å²) in [5.74, 6) is 4.61. The van der Waals surface area contributed by atoms with E-state index >= 15 is 0 Å². The lowest BCUT2D eigenvalue weighted by Gasteiger charge is -2.52. The molecule has 1 saturated heterocycles. The number of aromatic nitrogens is 5. The van der Waals surface area contributed by atoms with Crippen molar-refractivity contribution in [1.29, 1.82) is 0 Å². The molecule has 5 heterocycles. The number of methoxy groups -OCH3 is 1. The van der Waals surface area contributed by atoms with Gasteiger partial charge in [0.15, 0.2) is 5.82 Å². The monoisotopic (exact) mass is 610 g/mol. The maximum absolute atomic E-state index is 14.0. The number of para-hydroxylation sites is 3. The molecule has 3 aromatic heterocycles. The van der Waals surface area contributed by atoms with Crippen molar-refractivity contribution >= 4 is 27.8 Å². The Bertz CT molecular complexity index is 2190. The largest absolute Gasteiger partial charge is 0.494 e. The summed E-state index contributed by atoms with van der Waals surface area (Å²) in [7, 11) is 1.68. The van der Waals surface area contributed by atoms with E-state index in [2.05, 4.69) is 44.4 Å². The van der Waals surface area contributed by atoms with Gasteiger partial charge in [-0.3, -0.25) is 4.79 Å². The van der Waals surface area contributed by atoms with Gasteiger partial charge in [-0.1, -0.05) is 30.3 Å². The van der Waals surface area contributed by atoms with Crippen molar-refractivity contribution in [3.05, 3.63) is 90.3 Å². The van der Waals surface area contributed by atoms with Gasteiger partial charge in [-0.15, -0.1) is 0 Å². The number of benzene rings is 3. The molecule has 0 radical (unpaired) electrons. The Balaban J connectivity index is 1.16. The number of rotatable bonds is 2. The molecule has 46 heavy (non-hydrogen) atoms. The SMILES string of the molecule is COc1cc(C(=O)N2CC3CC4CC2[C@H]43)cc2nc3n(c12)Cc1ccn(n1)-c1ccccc1OCCCn1c-3cc2ccccc21. The third-order valence-electron chi connectivity index (χ3n) is 10.9. The van der Waals surface area contributed by atoms with E-state index in [1.165, 1.54) is 6.42 Å². The zero-order valence-electron chi connectivity index (χ0n) is 25.7. The zero-order chi connectivity index (χ0) is 30.5. The number of hydrogen-bond donors (Lipinski definition) is 0. The Morgan fingerprint density at radius 1 is 0.978 bits per heavy atom. The van der Waals surface area contributed by atoms with Crippen LogP contribution in [-0.2, 0) is 13.1 Å². The topological polar surface area (TPSA) is 79.3 Å². The molecule has 6 aromatic rings. The average molecular weight is 611 g/mol. The first kappa shape index (κ1) is 26.2. The minimum absolute atomic E-state index is 0.0964. The van der Waals surface area contributed by atoms with Crippen LogP contribution < -0.4 is 9.47 Å². The summed E-state index contributed by atoms with van der Waals surface area (Å²) in [6.45, 7) is 2.68. The molecule has 2 bridgehead atoms. The highest BCUT2D eigenvalue weighted by atomic mass is 16.5. The molecule has 0 N–H and O–H groups in total. The van der Waals surface area contributed by atoms with E-state index in [-0.39, 0.29) is 5.91 Å². The van der Waals surface area contributed by atoms with Crippen LogP contribution in [-0.4, -0.2) is 61.0 Å². The maximum Gasteiger partial charge on any atom is 0.254 e. The summed E-state index contributed by atoms with van der Waals surface area (Å²) in [5, 5.41) is 6.14. The van der Waals surface area contributed by atoms with Gasteiger partial charge < -0.3 is 23.5 Å². The van der Waals surface area contributed by atoms with Gasteiger partial charge in [0.2, 0.25) is 0 Å². The molecular formula is C37H34N6O3. The number of carbonyl (C=O) groups excluding carboxylic acids is 1. The minimum atomic E-state index is 0.0964. The summed E-state index contributed by atoms with van der Waals surface area (Å²) < 4.78 is 18.8. The lowest BCUT2D eigenvalue weighted by molar-refractivity contribution is -0.0204. The number of fused-ring (bicyclic) bond motifs is 11. The third-order valence-corrected chi connectivity index (χ3v) is 10.9. The standard InChI is InChI=1S/C37H34N6O3/c1-45-33-19-24(37(44)41-20-25-15-23-18-30(41)34(23)25)16-27-35(33)42-21-26-11-13-43(39-26)29-9-4-5-10-32(29)46-14-6-12-40-28-8-3-2-7-22(28)17-31(40)36(42)38-27/h2-5,7-11,13,16-17,19,23,25,30,34H,6,12,14-15,18,20-21H2,1H3/t23?,25?,30?,34-/m1/s1. The Labute approximate surface area is 266 Å². The van der Waals surface area contributed by atoms with Crippen LogP contribution >= 0.6 is 0 Å². The summed E-state index contributed by atoms with van der Waals surface area (Å²) in [6, 6.07) is 25.1. The second kappa shape index (κ2) is 9.72. The highest BCUT2D eigenvalue weighted by Crippen LogP contribution is 2.60. The first-order valence-corrected chi connectivity index (χ1v) is 16.4. The van der Waals surface area contributed by atoms with Gasteiger partial charge in [0.05, 0.1) is 37.2 Å². The van der Waals surface area contributed by atoms with Crippen molar-refractivity contribution in [2.75, 3.05) is 20.3 Å². The number of nitrogens with zero attached hydrogens (tertiary/aromatic N) is 6. The molecule has 3 fully saturated rings. The molecule has 4 atom stereocenters. The number of ether oxygens (including phenoxy) is 2. The summed E-state index contributed by atoms with van der Waals surface area (Å²) in [5.41, 5.74) is 6.21. The van der Waals surface area contributed by atoms with Crippen molar-refractivity contribution in [2.45, 2.75) is 38.4 Å². The molecule has 2 aliphatic carbocycles. The van der Waals surface area contributed by atoms with Crippen LogP contribution in [0, 0.1) is 17.8 Å². The van der Waals surface area contributed by atoms with Gasteiger partial charge in [0.25, 0.3) is 5.91 Å². The molecule has 2 saturated carbocycles. The highest BCUT2D eigenvalue weighted by Gasteiger charge is 2.61. The lowest BCUT2D eigenvalue weighted by atomic mass is 9.53. The molecule has 9 nitrogen and oxygen atoms in total. The molecule has 3 aromatic carbocycles. The molecule has 2 aliphatic heterocycles. The number of hydrogen-bond acceptors (Lipinski definition) is 5. The molecule has 230 valence electrons. The quantitative estimate of drug-likeness (QED) is 0.235. The van der Waals surface area contributed by atoms with E-state index in [1.807, 2.05) is 53.3 Å². The Morgan fingerprint density at radius 3 is 2.76 bits per heavy atom. The molecule has 4 aliphatic rings. The Kier molecular flexibility index (Phi) is 5.54. The molecule has 10 rings (SSSR count). The highest BCUT2D eigenvalue weighted by molar-refractivity contribution is 6.00. The summed E-state index contributed by atoms with van der Waals surface area (Å²) in [4.78, 5) is 21.4. The van der Waals surface area contributed by atoms with Gasteiger partial charge in [-0.05, 0) is 79.5 Å². The van der Waals surface area contributed by atoms with Gasteiger partial charge in [0.1, 0.15) is 22.7 Å². The molecular weight excluding hydrogens is 576 g/mol. The molecule has 0 spiro atoms. The van der Waals surface area contributed by atoms with Crippen LogP contribution in [0.2, 0.25) is 0 Å². The fourth-order valence-corrected chi connectivity index (χ4v) is 8.77. The van der Waals surface area contributed by atoms with Crippen LogP contribution in [0.25, 0.3) is 39.1 Å². The second-order valence-corrected chi connectivity index (χ2v) is 13.3. The number of carbonyl (C=O) groups is 1. The van der Waals surface area contributed by atoms with E-state index in [0.717, 1.165) is 88.4 Å². The van der Waals surface area contributed by atoms with Crippen molar-refractivity contribution in [2.24, 2.45) is 17.8 Å². The van der Waals surface area contributed by atoms with E-state index < -0.39 is 0 Å². The number of imidazole rings is 1. The molecule has 3 unspecified atom stereocenters. The predicted molar refractivity (Wildman–Crippen MR) is 175 cm³/mol. The van der Waals surface area contributed by atoms with Crippen molar-refractivity contribution in [1.82, 2.24) is 28.8 Å². The first-order chi connectivity index (χ1) is 22.6. The van der Waals surface area contributed by atoms with Crippen LogP contribution in [0.5, 0.6) is 11.5 Å². The number of aryl methyl sites for hydroxylation is 1. The molecule has 1 amide bonds. The van der Waals surface area contributed by atoms with Crippen LogP contribution in [0.1, 0.15) is 35.3 Å². The fraction of sp³-hybridized carbons (Fsp3) is 0.324. The van der Waals surface area contributed by atoms with Gasteiger partial charge in [-0.2, -0.15) is 5.10 Å². The second-order valence-electron chi connectivity index (χ2n) is 13.3. The van der Waals surface area contributed by atoms with Crippen LogP contribution in [0.15, 0.2) is 79.0 Å². The summed E-state index contributed by atoms with van der Waals surface area (Å²) >= 11 is 0. The Morgan fingerprint density at radius 2 is 1.87 bits per heavy atom. The third kappa shape index (κ3) is 3.71. The minimum Gasteiger partial charge on any atom is -0.494 e. The van der Waals surface area contributed by atoms with Gasteiger partial charge in [-0.25, -0.2) is 9.67 Å². The van der Waals surface area contributed by atoms with Gasteiger partial charge >= 0.3 is 0 Å². The average Bonchev–Trinajstić information content (AvgIpc) is 3.79. The van der Waals surface area contributed by atoms with Crippen LogP contribution in [0.3, 0.4) is 0 Å². The van der Waals surface area contributed by atoms with E-state index in [0.29, 0.717) is 36.4 Å². The Hall–Kier alpha value is -5.05. The fourth-order valence-electron chi connectivity index (χ4n) is 8.77. The summed E-state index contributed by atoms with van der Waals surface area (Å²) in [6.07, 6.45) is 5.22. The molecule has 9 heteroatoms. The van der Waals surface area contributed by atoms with Gasteiger partial charge in [0, 0.05) is 41.8 Å². The number of likely N-dealkylation sites (tertiary alicyclic amines) is 1. The first-order valence-electron chi connectivity index (χ1n) is 16.4. The van der Waals surface area contributed by atoms with Crippen LogP contribution in [0.4, 0.5) is 0 Å². The van der Waals surface area contributed by atoms with Crippen molar-refractivity contribution < 1.29 is 14.3 Å². The predicted octanol–water partition coefficient (Wildman–Crippen LogP) is 6.16. The van der Waals surface area contributed by atoms with E-state index in [4.69, 9.17) is 19.6 Å². The lowest BCUT2D eigenvalue weighted by Crippen LogP contribution is -2.53. The van der Waals surface area contributed by atoms with Crippen molar-refractivity contribution in [3.8, 4) is 28.7 Å². The van der Waals surface area contributed by atoms with E-state index in [9.17, 15) is 4.79 Å². The van der Waals surface area contributed by atoms with E-state index in [1.54, 1.807) is 7.11 Å². The number of amides is 1. The van der Waals surface area contributed by atoms with Crippen molar-refractivity contribution in [3.63, 3.8) is 0 Å².